The van der Waals surface area contributed by atoms with Crippen LogP contribution in [0.15, 0.2) is 42.6 Å². The summed E-state index contributed by atoms with van der Waals surface area (Å²) in [6.07, 6.45) is -2.37. The van der Waals surface area contributed by atoms with Crippen molar-refractivity contribution in [2.75, 3.05) is 50.8 Å². The number of alkyl halides is 3. The molecule has 1 saturated heterocycles. The number of rotatable bonds is 8. The first-order valence-corrected chi connectivity index (χ1v) is 10.8. The predicted molar refractivity (Wildman–Crippen MR) is 117 cm³/mol. The zero-order chi connectivity index (χ0) is 23.8. The molecule has 178 valence electrons. The third-order valence-corrected chi connectivity index (χ3v) is 5.32. The molecule has 1 aromatic carbocycles. The molecule has 7 nitrogen and oxygen atoms in total. The number of aromatic nitrogens is 1. The van der Waals surface area contributed by atoms with E-state index in [0.29, 0.717) is 44.2 Å². The Morgan fingerprint density at radius 3 is 2.45 bits per heavy atom. The summed E-state index contributed by atoms with van der Waals surface area (Å²) in [6, 6.07) is 8.24. The van der Waals surface area contributed by atoms with Crippen LogP contribution in [0.4, 0.5) is 19.0 Å². The lowest BCUT2D eigenvalue weighted by Crippen LogP contribution is -2.49. The van der Waals surface area contributed by atoms with Gasteiger partial charge in [0.2, 0.25) is 0 Å². The lowest BCUT2D eigenvalue weighted by atomic mass is 10.1. The second kappa shape index (κ2) is 11.1. The minimum absolute atomic E-state index is 0.218. The summed E-state index contributed by atoms with van der Waals surface area (Å²) in [5, 5.41) is 2.81. The van der Waals surface area contributed by atoms with Crippen molar-refractivity contribution in [3.05, 3.63) is 59.3 Å². The van der Waals surface area contributed by atoms with Crippen LogP contribution in [-0.2, 0) is 10.9 Å². The molecule has 0 spiro atoms. The number of halogens is 3. The predicted octanol–water partition coefficient (Wildman–Crippen LogP) is 3.22. The minimum Gasteiger partial charge on any atom is -0.382 e. The monoisotopic (exact) mass is 464 g/mol. The molecule has 1 aliphatic heterocycles. The van der Waals surface area contributed by atoms with Crippen molar-refractivity contribution >= 4 is 17.6 Å². The molecule has 0 aliphatic carbocycles. The van der Waals surface area contributed by atoms with Gasteiger partial charge in [-0.2, -0.15) is 13.2 Å². The number of nitrogens with zero attached hydrogens (tertiary/aromatic N) is 3. The average Bonchev–Trinajstić information content (AvgIpc) is 2.83. The van der Waals surface area contributed by atoms with Crippen LogP contribution >= 0.6 is 0 Å². The number of pyridine rings is 1. The van der Waals surface area contributed by atoms with Crippen LogP contribution in [0.25, 0.3) is 0 Å². The van der Waals surface area contributed by atoms with Crippen LogP contribution in [0.2, 0.25) is 0 Å². The number of ether oxygens (including phenoxy) is 1. The maximum atomic E-state index is 13.2. The summed E-state index contributed by atoms with van der Waals surface area (Å²) in [5.41, 5.74) is -0.827. The zero-order valence-electron chi connectivity index (χ0n) is 18.4. The third kappa shape index (κ3) is 6.44. The van der Waals surface area contributed by atoms with Crippen LogP contribution in [0, 0.1) is 0 Å². The van der Waals surface area contributed by atoms with Crippen molar-refractivity contribution in [1.29, 1.82) is 0 Å². The highest BCUT2D eigenvalue weighted by Crippen LogP contribution is 2.32. The van der Waals surface area contributed by atoms with E-state index in [1.165, 1.54) is 29.3 Å². The van der Waals surface area contributed by atoms with E-state index >= 15 is 0 Å². The molecule has 1 fully saturated rings. The summed E-state index contributed by atoms with van der Waals surface area (Å²) in [4.78, 5) is 32.6. The lowest BCUT2D eigenvalue weighted by Gasteiger charge is -2.35. The van der Waals surface area contributed by atoms with Gasteiger partial charge in [-0.05, 0) is 37.6 Å². The summed E-state index contributed by atoms with van der Waals surface area (Å²) < 4.78 is 45.0. The maximum absolute atomic E-state index is 13.2. The van der Waals surface area contributed by atoms with Crippen LogP contribution in [0.3, 0.4) is 0 Å². The summed E-state index contributed by atoms with van der Waals surface area (Å²) in [7, 11) is 0. The van der Waals surface area contributed by atoms with Gasteiger partial charge >= 0.3 is 6.18 Å². The Morgan fingerprint density at radius 2 is 1.82 bits per heavy atom. The molecule has 0 bridgehead atoms. The fraction of sp³-hybridized carbons (Fsp3) is 0.435. The van der Waals surface area contributed by atoms with Crippen LogP contribution in [0.5, 0.6) is 0 Å². The number of hydrogen-bond acceptors (Lipinski definition) is 5. The van der Waals surface area contributed by atoms with Crippen LogP contribution in [0.1, 0.15) is 39.6 Å². The number of piperazine rings is 1. The molecule has 0 saturated carbocycles. The highest BCUT2D eigenvalue weighted by Gasteiger charge is 2.36. The van der Waals surface area contributed by atoms with E-state index in [0.717, 1.165) is 12.5 Å². The second-order valence-electron chi connectivity index (χ2n) is 7.53. The Hall–Kier alpha value is -3.14. The molecular weight excluding hydrogens is 437 g/mol. The highest BCUT2D eigenvalue weighted by molar-refractivity contribution is 5.96. The van der Waals surface area contributed by atoms with Crippen molar-refractivity contribution in [3.8, 4) is 0 Å². The molecular formula is C23H27F3N4O3. The first-order valence-electron chi connectivity index (χ1n) is 10.8. The molecule has 1 N–H and O–H groups in total. The fourth-order valence-electron chi connectivity index (χ4n) is 3.56. The van der Waals surface area contributed by atoms with Crippen LogP contribution < -0.4 is 10.2 Å². The molecule has 0 atom stereocenters. The lowest BCUT2D eigenvalue weighted by molar-refractivity contribution is -0.138. The van der Waals surface area contributed by atoms with Gasteiger partial charge in [0.25, 0.3) is 11.8 Å². The van der Waals surface area contributed by atoms with Gasteiger partial charge in [-0.15, -0.1) is 0 Å². The van der Waals surface area contributed by atoms with Gasteiger partial charge in [0.15, 0.2) is 0 Å². The molecule has 0 unspecified atom stereocenters. The summed E-state index contributed by atoms with van der Waals surface area (Å²) in [6.45, 7) is 5.05. The van der Waals surface area contributed by atoms with Gasteiger partial charge in [-0.3, -0.25) is 9.59 Å². The van der Waals surface area contributed by atoms with Crippen molar-refractivity contribution < 1.29 is 27.5 Å². The Bertz CT molecular complexity index is 943. The van der Waals surface area contributed by atoms with Gasteiger partial charge in [0.05, 0.1) is 16.7 Å². The maximum Gasteiger partial charge on any atom is 0.417 e. The number of nitrogens with one attached hydrogen (secondary N) is 1. The minimum atomic E-state index is -4.59. The van der Waals surface area contributed by atoms with Crippen molar-refractivity contribution in [1.82, 2.24) is 15.2 Å². The standard InChI is InChI=1S/C23H27F3N4O3/c1-2-33-15-5-10-27-21(31)17-8-9-20(28-16-17)29-11-13-30(14-12-29)22(32)18-6-3-4-7-19(18)23(24,25)26/h3-4,6-9,16H,2,5,10-15H2,1H3,(H,27,31). The Morgan fingerprint density at radius 1 is 1.09 bits per heavy atom. The van der Waals surface area contributed by atoms with E-state index in [1.54, 1.807) is 12.1 Å². The topological polar surface area (TPSA) is 74.8 Å². The molecule has 10 heteroatoms. The molecule has 0 radical (unpaired) electrons. The third-order valence-electron chi connectivity index (χ3n) is 5.32. The molecule has 1 aliphatic rings. The molecule has 2 aromatic rings. The number of hydrogen-bond donors (Lipinski definition) is 1. The van der Waals surface area contributed by atoms with Gasteiger partial charge < -0.3 is 19.9 Å². The summed E-state index contributed by atoms with van der Waals surface area (Å²) in [5.74, 6) is -0.207. The molecule has 2 amide bonds. The first kappa shape index (κ1) is 24.5. The van der Waals surface area contributed by atoms with E-state index in [4.69, 9.17) is 4.74 Å². The molecule has 1 aromatic heterocycles. The smallest absolute Gasteiger partial charge is 0.382 e. The largest absolute Gasteiger partial charge is 0.417 e. The normalized spacial score (nSPS) is 14.3. The fourth-order valence-corrected chi connectivity index (χ4v) is 3.56. The van der Waals surface area contributed by atoms with Gasteiger partial charge in [0, 0.05) is 52.1 Å². The average molecular weight is 464 g/mol. The Kier molecular flexibility index (Phi) is 8.26. The van der Waals surface area contributed by atoms with Crippen molar-refractivity contribution in [3.63, 3.8) is 0 Å². The SMILES string of the molecule is CCOCCCNC(=O)c1ccc(N2CCN(C(=O)c3ccccc3C(F)(F)F)CC2)nc1. The zero-order valence-corrected chi connectivity index (χ0v) is 18.4. The Labute approximate surface area is 190 Å². The van der Waals surface area contributed by atoms with Crippen LogP contribution in [-0.4, -0.2) is 67.6 Å². The highest BCUT2D eigenvalue weighted by atomic mass is 19.4. The van der Waals surface area contributed by atoms with E-state index in [-0.39, 0.29) is 24.6 Å². The van der Waals surface area contributed by atoms with E-state index in [2.05, 4.69) is 10.3 Å². The summed E-state index contributed by atoms with van der Waals surface area (Å²) >= 11 is 0. The van der Waals surface area contributed by atoms with Gasteiger partial charge in [-0.1, -0.05) is 12.1 Å². The van der Waals surface area contributed by atoms with Gasteiger partial charge in [0.1, 0.15) is 5.82 Å². The van der Waals surface area contributed by atoms with E-state index < -0.39 is 17.6 Å². The number of anilines is 1. The van der Waals surface area contributed by atoms with E-state index in [9.17, 15) is 22.8 Å². The molecule has 33 heavy (non-hydrogen) atoms. The molecule has 2 heterocycles. The molecule has 3 rings (SSSR count). The number of amides is 2. The van der Waals surface area contributed by atoms with Crippen molar-refractivity contribution in [2.45, 2.75) is 19.5 Å². The number of carbonyl (C=O) groups excluding carboxylic acids is 2. The quantitative estimate of drug-likeness (QED) is 0.608. The number of benzene rings is 1. The van der Waals surface area contributed by atoms with E-state index in [1.807, 2.05) is 11.8 Å². The Balaban J connectivity index is 1.54. The van der Waals surface area contributed by atoms with Gasteiger partial charge in [-0.25, -0.2) is 4.98 Å². The first-order chi connectivity index (χ1) is 15.8. The second-order valence-corrected chi connectivity index (χ2v) is 7.53. The van der Waals surface area contributed by atoms with Crippen molar-refractivity contribution in [2.24, 2.45) is 0 Å². The number of carbonyl (C=O) groups is 2.